The van der Waals surface area contributed by atoms with Crippen molar-refractivity contribution < 1.29 is 26.5 Å². The van der Waals surface area contributed by atoms with Gasteiger partial charge in [0.25, 0.3) is 0 Å². The molecule has 6 rings (SSSR count). The maximum absolute atomic E-state index is 14.6. The van der Waals surface area contributed by atoms with Crippen LogP contribution >= 0.6 is 11.6 Å². The molecular weight excluding hydrogens is 597 g/mol. The number of benzene rings is 3. The van der Waals surface area contributed by atoms with Crippen molar-refractivity contribution in [3.63, 3.8) is 0 Å². The Morgan fingerprint density at radius 1 is 1.07 bits per heavy atom. The Bertz CT molecular complexity index is 1710. The third kappa shape index (κ3) is 4.93. The molecule has 2 heterocycles. The van der Waals surface area contributed by atoms with Crippen molar-refractivity contribution in [3.05, 3.63) is 94.3 Å². The monoisotopic (exact) mass is 629 g/mol. The van der Waals surface area contributed by atoms with Crippen molar-refractivity contribution in [3.8, 4) is 5.75 Å². The lowest BCUT2D eigenvalue weighted by Crippen LogP contribution is -2.53. The maximum Gasteiger partial charge on any atom is 0.226 e. The molecule has 2 saturated heterocycles. The number of sulfone groups is 1. The zero-order valence-electron chi connectivity index (χ0n) is 23.1. The fourth-order valence-electron chi connectivity index (χ4n) is 6.94. The van der Waals surface area contributed by atoms with Crippen LogP contribution < -0.4 is 4.74 Å². The highest BCUT2D eigenvalue weighted by Gasteiger charge is 2.61. The molecule has 0 radical (unpaired) electrons. The molecule has 1 amide bonds. The topological polar surface area (TPSA) is 80.8 Å². The van der Waals surface area contributed by atoms with E-state index in [1.165, 1.54) is 12.1 Å². The molecule has 0 spiro atoms. The van der Waals surface area contributed by atoms with Gasteiger partial charge in [-0.25, -0.2) is 12.8 Å². The van der Waals surface area contributed by atoms with Gasteiger partial charge in [0, 0.05) is 29.5 Å². The summed E-state index contributed by atoms with van der Waals surface area (Å²) >= 11 is 6.17. The molecule has 2 atom stereocenters. The van der Waals surface area contributed by atoms with Gasteiger partial charge in [-0.1, -0.05) is 41.9 Å². The molecule has 2 aliphatic heterocycles. The van der Waals surface area contributed by atoms with Gasteiger partial charge in [0.1, 0.15) is 22.9 Å². The summed E-state index contributed by atoms with van der Waals surface area (Å²) in [4.78, 5) is 15.9. The minimum Gasteiger partial charge on any atom is -0.489 e. The van der Waals surface area contributed by atoms with E-state index in [1.54, 1.807) is 53.4 Å². The van der Waals surface area contributed by atoms with E-state index in [2.05, 4.69) is 5.87 Å². The highest BCUT2D eigenvalue weighted by molar-refractivity contribution is 8.00. The standard InChI is InChI=1S/C32H33ClFNO5S2/c1-41(37)18-14-22(15-19-41)31(36)35-17-16-32(42(38,39)25-6-3-2-4-7-25)27-12-11-24(20-23(27)10-13-30(32)35)40-21-26-28(33)8-5-9-29(26)34/h2-9,11-12,20,22,30H,1,10,13-19,21H2/t22?,30-,32-,41?/m1/s1. The molecule has 3 aliphatic rings. The molecule has 0 unspecified atom stereocenters. The lowest BCUT2D eigenvalue weighted by molar-refractivity contribution is -0.137. The molecule has 0 saturated carbocycles. The van der Waals surface area contributed by atoms with Gasteiger partial charge in [-0.05, 0) is 95.0 Å². The van der Waals surface area contributed by atoms with Crippen LogP contribution in [0.15, 0.2) is 71.6 Å². The van der Waals surface area contributed by atoms with E-state index in [-0.39, 0.29) is 40.3 Å². The van der Waals surface area contributed by atoms with Crippen molar-refractivity contribution in [1.29, 1.82) is 0 Å². The van der Waals surface area contributed by atoms with E-state index >= 15 is 0 Å². The number of halogens is 2. The van der Waals surface area contributed by atoms with Gasteiger partial charge >= 0.3 is 0 Å². The van der Waals surface area contributed by atoms with E-state index in [0.29, 0.717) is 55.0 Å². The number of ether oxygens (including phenoxy) is 1. The summed E-state index contributed by atoms with van der Waals surface area (Å²) in [5.41, 5.74) is 1.77. The first kappa shape index (κ1) is 29.2. The third-order valence-electron chi connectivity index (χ3n) is 9.15. The molecular formula is C32H33ClFNO5S2. The minimum atomic E-state index is -3.93. The summed E-state index contributed by atoms with van der Waals surface area (Å²) in [6.07, 6.45) is 2.33. The van der Waals surface area contributed by atoms with Gasteiger partial charge in [-0.3, -0.25) is 9.00 Å². The molecule has 0 aromatic heterocycles. The molecule has 0 bridgehead atoms. The van der Waals surface area contributed by atoms with Crippen molar-refractivity contribution in [1.82, 2.24) is 4.90 Å². The lowest BCUT2D eigenvalue weighted by atomic mass is 9.78. The van der Waals surface area contributed by atoms with Crippen molar-refractivity contribution >= 4 is 42.7 Å². The highest BCUT2D eigenvalue weighted by atomic mass is 35.5. The Hall–Kier alpha value is -2.88. The second-order valence-corrected chi connectivity index (χ2v) is 16.9. The number of carbonyl (C=O) groups is 1. The van der Waals surface area contributed by atoms with Crippen LogP contribution in [-0.2, 0) is 41.9 Å². The predicted octanol–water partition coefficient (Wildman–Crippen LogP) is 5.40. The van der Waals surface area contributed by atoms with Crippen LogP contribution in [0, 0.1) is 11.7 Å². The predicted molar refractivity (Wildman–Crippen MR) is 164 cm³/mol. The number of carbonyl (C=O) groups excluding carboxylic acids is 1. The number of rotatable bonds is 6. The molecule has 10 heteroatoms. The highest BCUT2D eigenvalue weighted by Crippen LogP contribution is 2.53. The number of hydrogen-bond donors (Lipinski definition) is 0. The molecule has 3 aromatic carbocycles. The van der Waals surface area contributed by atoms with Crippen LogP contribution in [0.1, 0.15) is 42.4 Å². The van der Waals surface area contributed by atoms with Crippen molar-refractivity contribution in [2.45, 2.75) is 54.4 Å². The summed E-state index contributed by atoms with van der Waals surface area (Å²) in [5, 5.41) is 0.273. The van der Waals surface area contributed by atoms with Gasteiger partial charge in [-0.2, -0.15) is 0 Å². The second kappa shape index (κ2) is 11.0. The van der Waals surface area contributed by atoms with Crippen LogP contribution in [0.25, 0.3) is 0 Å². The molecule has 0 N–H and O–H groups in total. The van der Waals surface area contributed by atoms with E-state index in [1.807, 2.05) is 6.07 Å². The van der Waals surface area contributed by atoms with Gasteiger partial charge in [0.05, 0.1) is 16.0 Å². The molecule has 2 fully saturated rings. The van der Waals surface area contributed by atoms with Crippen LogP contribution in [0.4, 0.5) is 4.39 Å². The Morgan fingerprint density at radius 3 is 2.52 bits per heavy atom. The van der Waals surface area contributed by atoms with Crippen LogP contribution in [-0.4, -0.2) is 53.4 Å². The van der Waals surface area contributed by atoms with E-state index in [0.717, 1.165) is 5.56 Å². The average Bonchev–Trinajstić information content (AvgIpc) is 3.39. The quantitative estimate of drug-likeness (QED) is 0.341. The van der Waals surface area contributed by atoms with Gasteiger partial charge in [0.15, 0.2) is 9.84 Å². The van der Waals surface area contributed by atoms with Gasteiger partial charge in [-0.15, -0.1) is 0 Å². The summed E-state index contributed by atoms with van der Waals surface area (Å²) in [7, 11) is -6.07. The van der Waals surface area contributed by atoms with Crippen LogP contribution in [0.5, 0.6) is 5.75 Å². The average molecular weight is 630 g/mol. The number of likely N-dealkylation sites (tertiary alicyclic amines) is 1. The molecule has 222 valence electrons. The van der Waals surface area contributed by atoms with Gasteiger partial charge in [0.2, 0.25) is 5.91 Å². The van der Waals surface area contributed by atoms with Crippen molar-refractivity contribution in [2.75, 3.05) is 18.1 Å². The second-order valence-electron chi connectivity index (χ2n) is 11.5. The van der Waals surface area contributed by atoms with E-state index in [9.17, 15) is 21.8 Å². The minimum absolute atomic E-state index is 0.0507. The summed E-state index contributed by atoms with van der Waals surface area (Å²) in [6.45, 7) is 0.263. The summed E-state index contributed by atoms with van der Waals surface area (Å²) in [5.74, 6) is 4.36. The van der Waals surface area contributed by atoms with Crippen LogP contribution in [0.3, 0.4) is 0 Å². The summed E-state index contributed by atoms with van der Waals surface area (Å²) < 4.78 is 60.5. The number of aryl methyl sites for hydroxylation is 1. The number of hydrogen-bond acceptors (Lipinski definition) is 5. The molecule has 3 aromatic rings. The van der Waals surface area contributed by atoms with Crippen molar-refractivity contribution in [2.24, 2.45) is 5.92 Å². The zero-order chi connectivity index (χ0) is 29.7. The van der Waals surface area contributed by atoms with E-state index < -0.39 is 36.0 Å². The SMILES string of the molecule is C=S1(=O)CCC(C(=O)N2CC[C@@]3(S(=O)(=O)c4ccccc4)c4ccc(OCc5c(F)cccc5Cl)cc4CC[C@@H]23)CC1. The first-order chi connectivity index (χ1) is 20.0. The summed E-state index contributed by atoms with van der Waals surface area (Å²) in [6, 6.07) is 17.7. The fraction of sp³-hybridized carbons (Fsp3) is 0.375. The fourth-order valence-corrected chi connectivity index (χ4v) is 11.2. The first-order valence-corrected chi connectivity index (χ1v) is 18.1. The normalized spacial score (nSPS) is 27.2. The Labute approximate surface area is 251 Å². The Morgan fingerprint density at radius 2 is 1.81 bits per heavy atom. The smallest absolute Gasteiger partial charge is 0.226 e. The van der Waals surface area contributed by atoms with E-state index in [4.69, 9.17) is 16.3 Å². The third-order valence-corrected chi connectivity index (χ3v) is 14.0. The Kier molecular flexibility index (Phi) is 7.64. The van der Waals surface area contributed by atoms with Gasteiger partial charge < -0.3 is 9.64 Å². The lowest BCUT2D eigenvalue weighted by Gasteiger charge is -2.43. The maximum atomic E-state index is 14.6. The van der Waals surface area contributed by atoms with Crippen LogP contribution in [0.2, 0.25) is 5.02 Å². The first-order valence-electron chi connectivity index (χ1n) is 14.2. The number of nitrogens with zero attached hydrogens (tertiary/aromatic N) is 1. The molecule has 6 nitrogen and oxygen atoms in total. The zero-order valence-corrected chi connectivity index (χ0v) is 25.5. The molecule has 42 heavy (non-hydrogen) atoms. The Balaban J connectivity index is 1.36. The largest absolute Gasteiger partial charge is 0.489 e. The number of fused-ring (bicyclic) bond motifs is 3. The number of amides is 1. The molecule has 1 aliphatic carbocycles.